The van der Waals surface area contributed by atoms with Crippen LogP contribution < -0.4 is 0 Å². The number of hydrogen-bond donors (Lipinski definition) is 6. The van der Waals surface area contributed by atoms with Crippen molar-refractivity contribution in [2.45, 2.75) is 104 Å². The van der Waals surface area contributed by atoms with Crippen molar-refractivity contribution in [3.63, 3.8) is 0 Å². The van der Waals surface area contributed by atoms with Crippen LogP contribution in [0.2, 0.25) is 0 Å². The third-order valence-corrected chi connectivity index (χ3v) is 12.3. The molecule has 0 radical (unpaired) electrons. The van der Waals surface area contributed by atoms with Crippen molar-refractivity contribution >= 4 is 45.8 Å². The molecule has 0 amide bonds. The molecule has 6 aromatic rings. The summed E-state index contributed by atoms with van der Waals surface area (Å²) in [4.78, 5) is 50.2. The van der Waals surface area contributed by atoms with Gasteiger partial charge in [-0.15, -0.1) is 0 Å². The molecule has 2 aliphatic heterocycles. The SMILES string of the molecule is CCOC(=O)c1c(-c2ccccc2)oc2ccc(O)c(CN3CCCCC3C)c12.CCOC(=O)c1c(-c2ccccc2)oc2ccc(O)c(CN3CCCCC3C)c12.O=C(O)C(O)C(O)C(=O)O. The Balaban J connectivity index is 0.000000187. The van der Waals surface area contributed by atoms with Gasteiger partial charge < -0.3 is 48.9 Å². The lowest BCUT2D eigenvalue weighted by atomic mass is 9.98. The Morgan fingerprint density at radius 3 is 1.28 bits per heavy atom. The molecule has 0 saturated carbocycles. The molecule has 16 nitrogen and oxygen atoms in total. The van der Waals surface area contributed by atoms with E-state index in [-0.39, 0.29) is 24.7 Å². The molecule has 2 saturated heterocycles. The zero-order valence-electron chi connectivity index (χ0n) is 38.7. The first-order valence-corrected chi connectivity index (χ1v) is 23.0. The largest absolute Gasteiger partial charge is 0.508 e. The average Bonchev–Trinajstić information content (AvgIpc) is 3.93. The van der Waals surface area contributed by atoms with E-state index < -0.39 is 36.1 Å². The number of phenols is 2. The number of rotatable bonds is 13. The van der Waals surface area contributed by atoms with Crippen LogP contribution in [0.3, 0.4) is 0 Å². The number of aromatic hydroxyl groups is 2. The molecule has 0 spiro atoms. The number of carboxylic acid groups (broad SMARTS) is 2. The van der Waals surface area contributed by atoms with E-state index in [2.05, 4.69) is 23.6 Å². The van der Waals surface area contributed by atoms with Crippen LogP contribution in [-0.4, -0.2) is 115 Å². The van der Waals surface area contributed by atoms with Gasteiger partial charge in [0.15, 0.2) is 12.2 Å². The van der Waals surface area contributed by atoms with Crippen molar-refractivity contribution in [2.75, 3.05) is 26.3 Å². The fourth-order valence-electron chi connectivity index (χ4n) is 8.66. The van der Waals surface area contributed by atoms with Crippen molar-refractivity contribution < 1.29 is 68.1 Å². The lowest BCUT2D eigenvalue weighted by molar-refractivity contribution is -0.165. The highest BCUT2D eigenvalue weighted by Gasteiger charge is 2.32. The van der Waals surface area contributed by atoms with Gasteiger partial charge in [-0.25, -0.2) is 19.2 Å². The van der Waals surface area contributed by atoms with E-state index in [0.29, 0.717) is 69.8 Å². The van der Waals surface area contributed by atoms with Crippen LogP contribution >= 0.6 is 0 Å². The van der Waals surface area contributed by atoms with Crippen LogP contribution in [-0.2, 0) is 32.2 Å². The summed E-state index contributed by atoms with van der Waals surface area (Å²) >= 11 is 0. The van der Waals surface area contributed by atoms with Crippen molar-refractivity contribution in [2.24, 2.45) is 0 Å². The van der Waals surface area contributed by atoms with Gasteiger partial charge in [0.1, 0.15) is 45.3 Å². The lowest BCUT2D eigenvalue weighted by Gasteiger charge is -2.33. The van der Waals surface area contributed by atoms with E-state index in [1.165, 1.54) is 12.8 Å². The second-order valence-electron chi connectivity index (χ2n) is 16.9. The minimum Gasteiger partial charge on any atom is -0.508 e. The highest BCUT2D eigenvalue weighted by Crippen LogP contribution is 2.42. The van der Waals surface area contributed by atoms with E-state index in [1.807, 2.05) is 60.7 Å². The Morgan fingerprint density at radius 1 is 0.588 bits per heavy atom. The van der Waals surface area contributed by atoms with E-state index in [9.17, 15) is 29.4 Å². The first-order chi connectivity index (χ1) is 32.7. The highest BCUT2D eigenvalue weighted by atomic mass is 16.5. The molecule has 2 fully saturated rings. The van der Waals surface area contributed by atoms with E-state index in [4.69, 9.17) is 38.7 Å². The molecule has 8 rings (SSSR count). The highest BCUT2D eigenvalue weighted by molar-refractivity contribution is 6.11. The zero-order valence-corrected chi connectivity index (χ0v) is 38.7. The lowest BCUT2D eigenvalue weighted by Crippen LogP contribution is -2.39. The maximum absolute atomic E-state index is 13.0. The maximum Gasteiger partial charge on any atom is 0.342 e. The van der Waals surface area contributed by atoms with Crippen LogP contribution in [0.25, 0.3) is 44.6 Å². The first kappa shape index (κ1) is 50.7. The number of likely N-dealkylation sites (tertiary alicyclic amines) is 2. The Kier molecular flexibility index (Phi) is 17.4. The number of carbonyl (C=O) groups excluding carboxylic acids is 2. The number of hydrogen-bond acceptors (Lipinski definition) is 14. The topological polar surface area (TPSA) is 241 Å². The van der Waals surface area contributed by atoms with Crippen molar-refractivity contribution in [3.05, 3.63) is 107 Å². The van der Waals surface area contributed by atoms with E-state index >= 15 is 0 Å². The summed E-state index contributed by atoms with van der Waals surface area (Å²) in [6.45, 7) is 11.7. The number of aliphatic hydroxyl groups is 2. The van der Waals surface area contributed by atoms with Crippen molar-refractivity contribution in [1.82, 2.24) is 9.80 Å². The van der Waals surface area contributed by atoms with Crippen LogP contribution in [0.15, 0.2) is 93.8 Å². The monoisotopic (exact) mass is 936 g/mol. The Bertz CT molecular complexity index is 2490. The van der Waals surface area contributed by atoms with Crippen LogP contribution in [0, 0.1) is 0 Å². The molecule has 16 heteroatoms. The summed E-state index contributed by atoms with van der Waals surface area (Å²) in [7, 11) is 0. The summed E-state index contributed by atoms with van der Waals surface area (Å²) in [5.74, 6) is -3.06. The summed E-state index contributed by atoms with van der Waals surface area (Å²) < 4.78 is 23.0. The van der Waals surface area contributed by atoms with Crippen LogP contribution in [0.4, 0.5) is 0 Å². The third kappa shape index (κ3) is 11.7. The van der Waals surface area contributed by atoms with E-state index in [1.54, 1.807) is 38.1 Å². The fourth-order valence-corrected chi connectivity index (χ4v) is 8.66. The molecule has 2 aromatic heterocycles. The number of nitrogens with zero attached hydrogens (tertiary/aromatic N) is 2. The fraction of sp³-hybridized carbons (Fsp3) is 0.385. The second kappa shape index (κ2) is 23.3. The molecule has 6 N–H and O–H groups in total. The van der Waals surface area contributed by atoms with Crippen molar-refractivity contribution in [1.29, 1.82) is 0 Å². The molecule has 4 aromatic carbocycles. The summed E-state index contributed by atoms with van der Waals surface area (Å²) in [5, 5.41) is 55.3. The molecule has 4 heterocycles. The summed E-state index contributed by atoms with van der Waals surface area (Å²) in [5.41, 5.74) is 5.03. The Labute approximate surface area is 393 Å². The molecular formula is C52H60N2O14. The molecule has 2 aliphatic rings. The molecule has 4 unspecified atom stereocenters. The van der Waals surface area contributed by atoms with Gasteiger partial charge in [0.05, 0.1) is 13.2 Å². The number of benzene rings is 4. The van der Waals surface area contributed by atoms with Gasteiger partial charge in [0.2, 0.25) is 0 Å². The number of phenolic OH excluding ortho intramolecular Hbond substituents is 2. The smallest absolute Gasteiger partial charge is 0.342 e. The van der Waals surface area contributed by atoms with Crippen molar-refractivity contribution in [3.8, 4) is 34.1 Å². The van der Waals surface area contributed by atoms with Gasteiger partial charge in [-0.3, -0.25) is 9.80 Å². The standard InChI is InChI=1S/2C24H27NO4.C4H6O6/c2*1-3-28-24(27)22-21-18(15-25-14-8-7-9-16(25)2)19(26)12-13-20(21)29-23(22)17-10-5-4-6-11-17;5-1(3(7)8)2(6)4(9)10/h2*4-6,10-13,16,26H,3,7-9,14-15H2,1-2H3;1-2,5-6H,(H,7,8)(H,9,10). The van der Waals surface area contributed by atoms with Gasteiger partial charge in [-0.2, -0.15) is 0 Å². The van der Waals surface area contributed by atoms with Gasteiger partial charge >= 0.3 is 23.9 Å². The van der Waals surface area contributed by atoms with Gasteiger partial charge in [0, 0.05) is 58.2 Å². The maximum atomic E-state index is 13.0. The number of furan rings is 2. The predicted octanol–water partition coefficient (Wildman–Crippen LogP) is 8.59. The quantitative estimate of drug-likeness (QED) is 0.0594. The van der Waals surface area contributed by atoms with Crippen LogP contribution in [0.1, 0.15) is 98.1 Å². The number of fused-ring (bicyclic) bond motifs is 2. The van der Waals surface area contributed by atoms with Gasteiger partial charge in [-0.05, 0) is 90.7 Å². The molecule has 0 aliphatic carbocycles. The normalized spacial score (nSPS) is 17.3. The van der Waals surface area contributed by atoms with Gasteiger partial charge in [0.25, 0.3) is 0 Å². The Hall–Kier alpha value is -6.72. The molecular weight excluding hydrogens is 877 g/mol. The van der Waals surface area contributed by atoms with Crippen LogP contribution in [0.5, 0.6) is 11.5 Å². The number of ether oxygens (including phenoxy) is 2. The number of aliphatic hydroxyl groups excluding tert-OH is 2. The first-order valence-electron chi connectivity index (χ1n) is 23.0. The van der Waals surface area contributed by atoms with Gasteiger partial charge in [-0.1, -0.05) is 73.5 Å². The minimum absolute atomic E-state index is 0.182. The minimum atomic E-state index is -2.27. The average molecular weight is 937 g/mol. The number of carboxylic acids is 2. The molecule has 0 bridgehead atoms. The number of aliphatic carboxylic acids is 2. The Morgan fingerprint density at radius 2 is 0.956 bits per heavy atom. The number of piperidine rings is 2. The summed E-state index contributed by atoms with van der Waals surface area (Å²) in [6.07, 6.45) is 2.50. The third-order valence-electron chi connectivity index (χ3n) is 12.3. The predicted molar refractivity (Wildman–Crippen MR) is 253 cm³/mol. The zero-order chi connectivity index (χ0) is 49.1. The van der Waals surface area contributed by atoms with E-state index in [0.717, 1.165) is 61.0 Å². The number of esters is 2. The number of carbonyl (C=O) groups is 4. The molecule has 4 atom stereocenters. The molecule has 362 valence electrons. The summed E-state index contributed by atoms with van der Waals surface area (Å²) in [6, 6.07) is 26.7. The molecule has 68 heavy (non-hydrogen) atoms. The second-order valence-corrected chi connectivity index (χ2v) is 16.9.